The molecule has 2 aromatic rings. The molecule has 0 saturated heterocycles. The molecule has 5 nitrogen and oxygen atoms in total. The van der Waals surface area contributed by atoms with Crippen molar-refractivity contribution in [1.82, 2.24) is 15.0 Å². The SMILES string of the molecule is Cc1cnc(-c2nc(C)c(C(C)C)c(NN)n2)c(C)c1. The Bertz CT molecular complexity index is 634. The molecule has 0 radical (unpaired) electrons. The molecule has 2 heterocycles. The van der Waals surface area contributed by atoms with Gasteiger partial charge in [0.1, 0.15) is 11.5 Å². The fourth-order valence-electron chi connectivity index (χ4n) is 2.44. The monoisotopic (exact) mass is 271 g/mol. The summed E-state index contributed by atoms with van der Waals surface area (Å²) < 4.78 is 0. The number of pyridine rings is 1. The lowest BCUT2D eigenvalue weighted by Crippen LogP contribution is -2.15. The molecule has 2 rings (SSSR count). The molecule has 0 aliphatic carbocycles. The number of aromatic nitrogens is 3. The second kappa shape index (κ2) is 5.54. The summed E-state index contributed by atoms with van der Waals surface area (Å²) in [6.07, 6.45) is 1.83. The Labute approximate surface area is 119 Å². The molecule has 2 aromatic heterocycles. The highest BCUT2D eigenvalue weighted by Gasteiger charge is 2.16. The standard InChI is InChI=1S/C15H21N5/c1-8(2)12-11(5)18-15(19-14(12)20-16)13-10(4)6-9(3)7-17-13/h6-8H,16H2,1-5H3,(H,18,19,20). The van der Waals surface area contributed by atoms with Crippen LogP contribution in [-0.2, 0) is 0 Å². The molecule has 0 saturated carbocycles. The topological polar surface area (TPSA) is 76.7 Å². The third-order valence-electron chi connectivity index (χ3n) is 3.28. The number of nitrogens with zero attached hydrogens (tertiary/aromatic N) is 3. The second-order valence-corrected chi connectivity index (χ2v) is 5.37. The first-order valence-corrected chi connectivity index (χ1v) is 6.72. The van der Waals surface area contributed by atoms with Gasteiger partial charge in [0.15, 0.2) is 5.82 Å². The van der Waals surface area contributed by atoms with Crippen molar-refractivity contribution in [2.45, 2.75) is 40.5 Å². The molecule has 0 aliphatic heterocycles. The van der Waals surface area contributed by atoms with E-state index in [1.165, 1.54) is 0 Å². The van der Waals surface area contributed by atoms with E-state index in [0.29, 0.717) is 17.6 Å². The summed E-state index contributed by atoms with van der Waals surface area (Å²) in [5, 5.41) is 0. The molecule has 0 fully saturated rings. The van der Waals surface area contributed by atoms with Gasteiger partial charge >= 0.3 is 0 Å². The van der Waals surface area contributed by atoms with Gasteiger partial charge in [-0.2, -0.15) is 0 Å². The lowest BCUT2D eigenvalue weighted by molar-refractivity contribution is 0.830. The summed E-state index contributed by atoms with van der Waals surface area (Å²) >= 11 is 0. The van der Waals surface area contributed by atoms with Crippen LogP contribution in [-0.4, -0.2) is 15.0 Å². The summed E-state index contributed by atoms with van der Waals surface area (Å²) in [6.45, 7) is 10.2. The van der Waals surface area contributed by atoms with E-state index in [4.69, 9.17) is 5.84 Å². The summed E-state index contributed by atoms with van der Waals surface area (Å²) in [6, 6.07) is 2.08. The van der Waals surface area contributed by atoms with Crippen molar-refractivity contribution >= 4 is 5.82 Å². The number of hydrogen-bond acceptors (Lipinski definition) is 5. The van der Waals surface area contributed by atoms with Crippen molar-refractivity contribution in [2.75, 3.05) is 5.43 Å². The molecule has 0 aromatic carbocycles. The molecule has 20 heavy (non-hydrogen) atoms. The molecule has 3 N–H and O–H groups in total. The first-order chi connectivity index (χ1) is 9.43. The number of nitrogen functional groups attached to an aromatic ring is 1. The van der Waals surface area contributed by atoms with Gasteiger partial charge in [-0.1, -0.05) is 19.9 Å². The fraction of sp³-hybridized carbons (Fsp3) is 0.400. The van der Waals surface area contributed by atoms with Gasteiger partial charge in [-0.25, -0.2) is 15.8 Å². The number of nitrogens with two attached hydrogens (primary N) is 1. The Morgan fingerprint density at radius 2 is 1.85 bits per heavy atom. The molecule has 0 amide bonds. The molecule has 5 heteroatoms. The quantitative estimate of drug-likeness (QED) is 0.663. The predicted molar refractivity (Wildman–Crippen MR) is 81.4 cm³/mol. The second-order valence-electron chi connectivity index (χ2n) is 5.37. The van der Waals surface area contributed by atoms with Crippen molar-refractivity contribution < 1.29 is 0 Å². The van der Waals surface area contributed by atoms with Gasteiger partial charge < -0.3 is 5.43 Å². The van der Waals surface area contributed by atoms with Gasteiger partial charge in [-0.15, -0.1) is 0 Å². The Kier molecular flexibility index (Phi) is 3.99. The Morgan fingerprint density at radius 1 is 1.15 bits per heavy atom. The zero-order chi connectivity index (χ0) is 14.9. The molecule has 0 unspecified atom stereocenters. The molecule has 106 valence electrons. The highest BCUT2D eigenvalue weighted by atomic mass is 15.3. The van der Waals surface area contributed by atoms with Crippen LogP contribution in [0.3, 0.4) is 0 Å². The summed E-state index contributed by atoms with van der Waals surface area (Å²) in [5.74, 6) is 7.19. The Hall–Kier alpha value is -2.01. The summed E-state index contributed by atoms with van der Waals surface area (Å²) in [5.41, 5.74) is 7.63. The molecular weight excluding hydrogens is 250 g/mol. The van der Waals surface area contributed by atoms with Crippen LogP contribution in [0.1, 0.15) is 42.1 Å². The average molecular weight is 271 g/mol. The van der Waals surface area contributed by atoms with E-state index in [-0.39, 0.29) is 0 Å². The van der Waals surface area contributed by atoms with Crippen LogP contribution < -0.4 is 11.3 Å². The van der Waals surface area contributed by atoms with Crippen molar-refractivity contribution in [3.63, 3.8) is 0 Å². The fourth-order valence-corrected chi connectivity index (χ4v) is 2.44. The van der Waals surface area contributed by atoms with Crippen molar-refractivity contribution in [1.29, 1.82) is 0 Å². The predicted octanol–water partition coefficient (Wildman–Crippen LogP) is 2.87. The van der Waals surface area contributed by atoms with E-state index in [2.05, 4.69) is 40.3 Å². The van der Waals surface area contributed by atoms with Gasteiger partial charge in [0, 0.05) is 17.5 Å². The Morgan fingerprint density at radius 3 is 2.40 bits per heavy atom. The number of rotatable bonds is 3. The normalized spacial score (nSPS) is 10.9. The maximum Gasteiger partial charge on any atom is 0.180 e. The van der Waals surface area contributed by atoms with Gasteiger partial charge in [-0.3, -0.25) is 4.98 Å². The van der Waals surface area contributed by atoms with Gasteiger partial charge in [-0.05, 0) is 37.8 Å². The maximum absolute atomic E-state index is 5.61. The van der Waals surface area contributed by atoms with Crippen LogP contribution in [0, 0.1) is 20.8 Å². The minimum absolute atomic E-state index is 0.308. The third kappa shape index (κ3) is 2.63. The van der Waals surface area contributed by atoms with Crippen LogP contribution >= 0.6 is 0 Å². The average Bonchev–Trinajstić information content (AvgIpc) is 2.37. The van der Waals surface area contributed by atoms with Gasteiger partial charge in [0.05, 0.1) is 0 Å². The van der Waals surface area contributed by atoms with Crippen LogP contribution in [0.15, 0.2) is 12.3 Å². The number of hydrazine groups is 1. The smallest absolute Gasteiger partial charge is 0.180 e. The summed E-state index contributed by atoms with van der Waals surface area (Å²) in [4.78, 5) is 13.6. The molecule has 0 aliphatic rings. The number of aryl methyl sites for hydroxylation is 3. The van der Waals surface area contributed by atoms with E-state index >= 15 is 0 Å². The van der Waals surface area contributed by atoms with E-state index in [1.54, 1.807) is 0 Å². The summed E-state index contributed by atoms with van der Waals surface area (Å²) in [7, 11) is 0. The lowest BCUT2D eigenvalue weighted by Gasteiger charge is -2.15. The van der Waals surface area contributed by atoms with E-state index in [9.17, 15) is 0 Å². The van der Waals surface area contributed by atoms with Crippen LogP contribution in [0.25, 0.3) is 11.5 Å². The van der Waals surface area contributed by atoms with E-state index in [0.717, 1.165) is 28.1 Å². The van der Waals surface area contributed by atoms with Crippen molar-refractivity contribution in [3.8, 4) is 11.5 Å². The van der Waals surface area contributed by atoms with Gasteiger partial charge in [0.25, 0.3) is 0 Å². The first kappa shape index (κ1) is 14.4. The number of hydrogen-bond donors (Lipinski definition) is 2. The minimum Gasteiger partial charge on any atom is -0.308 e. The third-order valence-corrected chi connectivity index (χ3v) is 3.28. The first-order valence-electron chi connectivity index (χ1n) is 6.72. The number of anilines is 1. The molecule has 0 spiro atoms. The van der Waals surface area contributed by atoms with Crippen molar-refractivity contribution in [3.05, 3.63) is 34.6 Å². The van der Waals surface area contributed by atoms with Crippen LogP contribution in [0.2, 0.25) is 0 Å². The lowest BCUT2D eigenvalue weighted by atomic mass is 10.0. The van der Waals surface area contributed by atoms with E-state index in [1.807, 2.05) is 27.0 Å². The zero-order valence-electron chi connectivity index (χ0n) is 12.7. The Balaban J connectivity index is 2.61. The number of nitrogens with one attached hydrogen (secondary N) is 1. The highest BCUT2D eigenvalue weighted by Crippen LogP contribution is 2.28. The highest BCUT2D eigenvalue weighted by molar-refractivity contribution is 5.60. The van der Waals surface area contributed by atoms with Crippen LogP contribution in [0.4, 0.5) is 5.82 Å². The zero-order valence-corrected chi connectivity index (χ0v) is 12.7. The van der Waals surface area contributed by atoms with Crippen molar-refractivity contribution in [2.24, 2.45) is 5.84 Å². The van der Waals surface area contributed by atoms with Gasteiger partial charge in [0.2, 0.25) is 0 Å². The maximum atomic E-state index is 5.61. The largest absolute Gasteiger partial charge is 0.308 e. The van der Waals surface area contributed by atoms with E-state index < -0.39 is 0 Å². The molecular formula is C15H21N5. The minimum atomic E-state index is 0.308. The van der Waals surface area contributed by atoms with Crippen LogP contribution in [0.5, 0.6) is 0 Å². The molecule has 0 atom stereocenters. The molecule has 0 bridgehead atoms.